The molecule has 0 radical (unpaired) electrons. The Morgan fingerprint density at radius 1 is 1.35 bits per heavy atom. The van der Waals surface area contributed by atoms with Crippen molar-refractivity contribution in [2.75, 3.05) is 7.05 Å². The Labute approximate surface area is 104 Å². The van der Waals surface area contributed by atoms with Gasteiger partial charge in [-0.05, 0) is 42.8 Å². The summed E-state index contributed by atoms with van der Waals surface area (Å²) < 4.78 is 18.6. The number of benzene rings is 1. The molecule has 0 saturated heterocycles. The van der Waals surface area contributed by atoms with E-state index in [4.69, 9.17) is 16.0 Å². The molecule has 0 spiro atoms. The van der Waals surface area contributed by atoms with Crippen molar-refractivity contribution in [2.24, 2.45) is 0 Å². The van der Waals surface area contributed by atoms with Crippen LogP contribution in [-0.4, -0.2) is 7.05 Å². The minimum atomic E-state index is -0.202. The summed E-state index contributed by atoms with van der Waals surface area (Å²) in [5, 5.41) is 3.46. The fourth-order valence-corrected chi connectivity index (χ4v) is 2.05. The van der Waals surface area contributed by atoms with Gasteiger partial charge in [0.15, 0.2) is 5.22 Å². The second kappa shape index (κ2) is 5.34. The number of hydrogen-bond donors (Lipinski definition) is 1. The van der Waals surface area contributed by atoms with Gasteiger partial charge in [-0.15, -0.1) is 0 Å². The Morgan fingerprint density at radius 3 is 2.71 bits per heavy atom. The molecule has 0 amide bonds. The molecule has 0 aliphatic rings. The van der Waals surface area contributed by atoms with Crippen LogP contribution in [-0.2, 0) is 6.42 Å². The SMILES string of the molecule is CNC(Cc1ccccc1F)c1ccoc1Cl. The smallest absolute Gasteiger partial charge is 0.197 e. The Balaban J connectivity index is 2.22. The third-order valence-electron chi connectivity index (χ3n) is 2.75. The van der Waals surface area contributed by atoms with Crippen molar-refractivity contribution in [3.05, 3.63) is 58.8 Å². The second-order valence-electron chi connectivity index (χ2n) is 3.79. The van der Waals surface area contributed by atoms with Gasteiger partial charge in [0, 0.05) is 11.6 Å². The van der Waals surface area contributed by atoms with Gasteiger partial charge in [0.1, 0.15) is 5.82 Å². The Kier molecular flexibility index (Phi) is 3.82. The number of halogens is 2. The molecule has 0 saturated carbocycles. The van der Waals surface area contributed by atoms with Crippen LogP contribution in [0.5, 0.6) is 0 Å². The number of furan rings is 1. The van der Waals surface area contributed by atoms with Crippen LogP contribution in [0, 0.1) is 5.82 Å². The van der Waals surface area contributed by atoms with Crippen LogP contribution in [0.4, 0.5) is 4.39 Å². The van der Waals surface area contributed by atoms with Gasteiger partial charge in [0.25, 0.3) is 0 Å². The number of likely N-dealkylation sites (N-methyl/N-ethyl adjacent to an activating group) is 1. The molecule has 1 aromatic heterocycles. The maximum absolute atomic E-state index is 13.5. The quantitative estimate of drug-likeness (QED) is 0.901. The predicted molar refractivity (Wildman–Crippen MR) is 65.6 cm³/mol. The first-order valence-electron chi connectivity index (χ1n) is 5.36. The van der Waals surface area contributed by atoms with Crippen molar-refractivity contribution >= 4 is 11.6 Å². The average molecular weight is 254 g/mol. The molecule has 1 atom stereocenters. The van der Waals surface area contributed by atoms with Crippen LogP contribution in [0.2, 0.25) is 5.22 Å². The van der Waals surface area contributed by atoms with Crippen LogP contribution in [0.1, 0.15) is 17.2 Å². The van der Waals surface area contributed by atoms with Crippen molar-refractivity contribution in [1.29, 1.82) is 0 Å². The summed E-state index contributed by atoms with van der Waals surface area (Å²) in [4.78, 5) is 0. The minimum absolute atomic E-state index is 0.0573. The molecule has 17 heavy (non-hydrogen) atoms. The Morgan fingerprint density at radius 2 is 2.12 bits per heavy atom. The molecule has 4 heteroatoms. The minimum Gasteiger partial charge on any atom is -0.453 e. The fraction of sp³-hybridized carbons (Fsp3) is 0.231. The lowest BCUT2D eigenvalue weighted by molar-refractivity contribution is 0.533. The van der Waals surface area contributed by atoms with E-state index >= 15 is 0 Å². The lowest BCUT2D eigenvalue weighted by atomic mass is 10.0. The first-order chi connectivity index (χ1) is 8.22. The number of nitrogens with one attached hydrogen (secondary N) is 1. The number of rotatable bonds is 4. The van der Waals surface area contributed by atoms with Gasteiger partial charge in [-0.25, -0.2) is 4.39 Å². The van der Waals surface area contributed by atoms with Crippen molar-refractivity contribution < 1.29 is 8.81 Å². The monoisotopic (exact) mass is 253 g/mol. The van der Waals surface area contributed by atoms with Crippen molar-refractivity contribution in [3.63, 3.8) is 0 Å². The van der Waals surface area contributed by atoms with Gasteiger partial charge >= 0.3 is 0 Å². The normalized spacial score (nSPS) is 12.6. The summed E-state index contributed by atoms with van der Waals surface area (Å²) in [5.74, 6) is -0.202. The van der Waals surface area contributed by atoms with Crippen LogP contribution in [0.15, 0.2) is 41.0 Å². The molecule has 1 heterocycles. The molecule has 2 aromatic rings. The zero-order chi connectivity index (χ0) is 12.3. The van der Waals surface area contributed by atoms with Gasteiger partial charge in [-0.3, -0.25) is 0 Å². The summed E-state index contributed by atoms with van der Waals surface area (Å²) in [5.41, 5.74) is 1.50. The highest BCUT2D eigenvalue weighted by atomic mass is 35.5. The maximum Gasteiger partial charge on any atom is 0.197 e. The molecule has 2 nitrogen and oxygen atoms in total. The van der Waals surface area contributed by atoms with Crippen molar-refractivity contribution in [3.8, 4) is 0 Å². The zero-order valence-electron chi connectivity index (χ0n) is 9.41. The van der Waals surface area contributed by atoms with E-state index in [1.165, 1.54) is 12.3 Å². The molecule has 1 unspecified atom stereocenters. The molecule has 1 aromatic carbocycles. The summed E-state index contributed by atoms with van der Waals surface area (Å²) >= 11 is 5.92. The molecule has 90 valence electrons. The third-order valence-corrected chi connectivity index (χ3v) is 3.06. The van der Waals surface area contributed by atoms with Gasteiger partial charge in [-0.2, -0.15) is 0 Å². The van der Waals surface area contributed by atoms with E-state index in [0.717, 1.165) is 5.56 Å². The third kappa shape index (κ3) is 2.68. The van der Waals surface area contributed by atoms with Gasteiger partial charge < -0.3 is 9.73 Å². The lowest BCUT2D eigenvalue weighted by Gasteiger charge is -2.15. The number of hydrogen-bond acceptors (Lipinski definition) is 2. The summed E-state index contributed by atoms with van der Waals surface area (Å²) in [6.45, 7) is 0. The van der Waals surface area contributed by atoms with E-state index < -0.39 is 0 Å². The van der Waals surface area contributed by atoms with Crippen LogP contribution < -0.4 is 5.32 Å². The highest BCUT2D eigenvalue weighted by Crippen LogP contribution is 2.27. The van der Waals surface area contributed by atoms with Crippen LogP contribution >= 0.6 is 11.6 Å². The first-order valence-corrected chi connectivity index (χ1v) is 5.73. The summed E-state index contributed by atoms with van der Waals surface area (Å²) in [7, 11) is 1.81. The second-order valence-corrected chi connectivity index (χ2v) is 4.13. The molecule has 0 aliphatic carbocycles. The molecule has 0 aliphatic heterocycles. The summed E-state index contributed by atoms with van der Waals surface area (Å²) in [6, 6.07) is 8.47. The van der Waals surface area contributed by atoms with E-state index in [2.05, 4.69) is 5.32 Å². The topological polar surface area (TPSA) is 25.2 Å². The van der Waals surface area contributed by atoms with Crippen molar-refractivity contribution in [1.82, 2.24) is 5.32 Å². The molecule has 0 fully saturated rings. The van der Waals surface area contributed by atoms with E-state index in [-0.39, 0.29) is 11.9 Å². The molecular formula is C13H13ClFNO. The van der Waals surface area contributed by atoms with E-state index in [1.54, 1.807) is 18.2 Å². The van der Waals surface area contributed by atoms with Gasteiger partial charge in [0.2, 0.25) is 0 Å². The van der Waals surface area contributed by atoms with E-state index in [1.807, 2.05) is 13.1 Å². The fourth-order valence-electron chi connectivity index (χ4n) is 1.81. The van der Waals surface area contributed by atoms with Crippen LogP contribution in [0.25, 0.3) is 0 Å². The predicted octanol–water partition coefficient (Wildman–Crippen LogP) is 3.58. The highest BCUT2D eigenvalue weighted by Gasteiger charge is 2.17. The summed E-state index contributed by atoms with van der Waals surface area (Å²) in [6.07, 6.45) is 2.06. The highest BCUT2D eigenvalue weighted by molar-refractivity contribution is 6.29. The van der Waals surface area contributed by atoms with Gasteiger partial charge in [-0.1, -0.05) is 18.2 Å². The Hall–Kier alpha value is -1.32. The maximum atomic E-state index is 13.5. The van der Waals surface area contributed by atoms with Gasteiger partial charge in [0.05, 0.1) is 6.26 Å². The zero-order valence-corrected chi connectivity index (χ0v) is 10.2. The largest absolute Gasteiger partial charge is 0.453 e. The van der Waals surface area contributed by atoms with Crippen LogP contribution in [0.3, 0.4) is 0 Å². The van der Waals surface area contributed by atoms with Crippen molar-refractivity contribution in [2.45, 2.75) is 12.5 Å². The first kappa shape index (κ1) is 12.1. The lowest BCUT2D eigenvalue weighted by Crippen LogP contribution is -2.19. The standard InChI is InChI=1S/C13H13ClFNO/c1-16-12(10-6-7-17-13(10)14)8-9-4-2-3-5-11(9)15/h2-7,12,16H,8H2,1H3. The molecule has 0 bridgehead atoms. The van der Waals surface area contributed by atoms with E-state index in [0.29, 0.717) is 17.2 Å². The molecule has 1 N–H and O–H groups in total. The molecular weight excluding hydrogens is 241 g/mol. The molecule has 2 rings (SSSR count). The van der Waals surface area contributed by atoms with E-state index in [9.17, 15) is 4.39 Å². The Bertz CT molecular complexity index is 498. The average Bonchev–Trinajstić information content (AvgIpc) is 2.75.